The van der Waals surface area contributed by atoms with Gasteiger partial charge in [-0.15, -0.1) is 0 Å². The van der Waals surface area contributed by atoms with E-state index in [9.17, 15) is 13.5 Å². The van der Waals surface area contributed by atoms with Gasteiger partial charge in [0.05, 0.1) is 5.25 Å². The topological polar surface area (TPSA) is 72.9 Å². The van der Waals surface area contributed by atoms with Crippen molar-refractivity contribution >= 4 is 26.9 Å². The van der Waals surface area contributed by atoms with Crippen LogP contribution in [0.25, 0.3) is 11.1 Å². The van der Waals surface area contributed by atoms with Crippen molar-refractivity contribution in [2.45, 2.75) is 63.7 Å². The summed E-state index contributed by atoms with van der Waals surface area (Å²) in [5, 5.41) is 9.47. The van der Waals surface area contributed by atoms with E-state index in [1.807, 2.05) is 30.3 Å². The SMILES string of the molecule is CC(C)N1CCN(C2=CC=C(/C(=C(/CCCO)c3ccccc3)c3ccc(NS(=O)(=O)C4CC4)cc3)CC2)CC1. The first kappa shape index (κ1) is 28.7. The number of aliphatic hydroxyl groups excluding tert-OH is 1. The molecule has 1 aliphatic heterocycles. The number of allylic oxidation sites excluding steroid dienone is 6. The molecule has 0 spiro atoms. The molecule has 0 unspecified atom stereocenters. The van der Waals surface area contributed by atoms with Crippen LogP contribution in [0.15, 0.2) is 78.0 Å². The van der Waals surface area contributed by atoms with Crippen LogP contribution in [0, 0.1) is 0 Å². The summed E-state index contributed by atoms with van der Waals surface area (Å²) in [6.07, 6.45) is 9.45. The molecule has 7 heteroatoms. The van der Waals surface area contributed by atoms with Gasteiger partial charge in [0, 0.05) is 50.2 Å². The number of hydrogen-bond donors (Lipinski definition) is 2. The highest BCUT2D eigenvalue weighted by Crippen LogP contribution is 2.40. The molecular formula is C33H43N3O3S. The van der Waals surface area contributed by atoms with E-state index < -0.39 is 10.0 Å². The molecule has 1 heterocycles. The molecule has 0 bridgehead atoms. The van der Waals surface area contributed by atoms with Crippen LogP contribution in [0.3, 0.4) is 0 Å². The van der Waals surface area contributed by atoms with Crippen LogP contribution >= 0.6 is 0 Å². The summed E-state index contributed by atoms with van der Waals surface area (Å²) in [6.45, 7) is 9.03. The molecule has 5 rings (SSSR count). The van der Waals surface area contributed by atoms with Crippen LogP contribution in [-0.4, -0.2) is 67.4 Å². The summed E-state index contributed by atoms with van der Waals surface area (Å²) in [5.74, 6) is 0. The lowest BCUT2D eigenvalue weighted by molar-refractivity contribution is 0.127. The lowest BCUT2D eigenvalue weighted by Crippen LogP contribution is -2.48. The van der Waals surface area contributed by atoms with Crippen LogP contribution in [-0.2, 0) is 10.0 Å². The minimum Gasteiger partial charge on any atom is -0.396 e. The van der Waals surface area contributed by atoms with Gasteiger partial charge in [-0.2, -0.15) is 0 Å². The normalized spacial score (nSPS) is 19.2. The van der Waals surface area contributed by atoms with Gasteiger partial charge in [0.25, 0.3) is 0 Å². The van der Waals surface area contributed by atoms with Crippen molar-refractivity contribution in [3.63, 3.8) is 0 Å². The summed E-state index contributed by atoms with van der Waals surface area (Å²) in [5.41, 5.74) is 7.93. The maximum atomic E-state index is 12.5. The number of benzene rings is 2. The molecule has 2 fully saturated rings. The van der Waals surface area contributed by atoms with Crippen LogP contribution in [0.4, 0.5) is 5.69 Å². The first-order chi connectivity index (χ1) is 19.4. The van der Waals surface area contributed by atoms with E-state index in [2.05, 4.69) is 64.8 Å². The zero-order chi connectivity index (χ0) is 28.1. The zero-order valence-corrected chi connectivity index (χ0v) is 24.7. The molecule has 3 aliphatic rings. The van der Waals surface area contributed by atoms with Gasteiger partial charge in [0.1, 0.15) is 0 Å². The predicted octanol–water partition coefficient (Wildman–Crippen LogP) is 5.90. The fourth-order valence-electron chi connectivity index (χ4n) is 5.82. The number of nitrogens with one attached hydrogen (secondary N) is 1. The van der Waals surface area contributed by atoms with Crippen molar-refractivity contribution in [2.24, 2.45) is 0 Å². The van der Waals surface area contributed by atoms with E-state index in [-0.39, 0.29) is 11.9 Å². The number of anilines is 1. The Labute approximate surface area is 240 Å². The van der Waals surface area contributed by atoms with E-state index in [1.165, 1.54) is 22.4 Å². The Morgan fingerprint density at radius 3 is 2.20 bits per heavy atom. The standard InChI is InChI=1S/C33H43N3O3S/c1-25(2)35-20-22-36(23-21-35)30-16-12-28(13-17-30)33(32(9-6-24-37)26-7-4-3-5-8-26)27-10-14-29(15-11-27)34-40(38,39)31-18-19-31/h3-5,7-8,10-12,14-16,25,31,34,37H,6,9,13,17-24H2,1-2H3/b33-32-. The highest BCUT2D eigenvalue weighted by molar-refractivity contribution is 7.93. The smallest absolute Gasteiger partial charge is 0.235 e. The van der Waals surface area contributed by atoms with Crippen molar-refractivity contribution in [3.05, 3.63) is 89.1 Å². The summed E-state index contributed by atoms with van der Waals surface area (Å²) in [7, 11) is -3.31. The average molecular weight is 562 g/mol. The minimum absolute atomic E-state index is 0.136. The Morgan fingerprint density at radius 1 is 0.925 bits per heavy atom. The quantitative estimate of drug-likeness (QED) is 0.334. The number of sulfonamides is 1. The third kappa shape index (κ3) is 6.88. The lowest BCUT2D eigenvalue weighted by Gasteiger charge is -2.40. The molecule has 2 N–H and O–H groups in total. The van der Waals surface area contributed by atoms with Gasteiger partial charge >= 0.3 is 0 Å². The second-order valence-electron chi connectivity index (χ2n) is 11.4. The zero-order valence-electron chi connectivity index (χ0n) is 23.9. The molecule has 0 amide bonds. The maximum absolute atomic E-state index is 12.5. The Bertz CT molecular complexity index is 1350. The summed E-state index contributed by atoms with van der Waals surface area (Å²) >= 11 is 0. The molecule has 1 saturated heterocycles. The number of piperazine rings is 1. The predicted molar refractivity (Wildman–Crippen MR) is 165 cm³/mol. The third-order valence-electron chi connectivity index (χ3n) is 8.31. The number of aliphatic hydroxyl groups is 1. The maximum Gasteiger partial charge on any atom is 0.235 e. The summed E-state index contributed by atoms with van der Waals surface area (Å²) < 4.78 is 27.7. The molecular weight excluding hydrogens is 518 g/mol. The van der Waals surface area contributed by atoms with Crippen LogP contribution in [0.5, 0.6) is 0 Å². The van der Waals surface area contributed by atoms with Gasteiger partial charge in [-0.25, -0.2) is 8.42 Å². The molecule has 2 aromatic carbocycles. The van der Waals surface area contributed by atoms with Crippen molar-refractivity contribution in [3.8, 4) is 0 Å². The number of rotatable bonds is 11. The first-order valence-corrected chi connectivity index (χ1v) is 16.3. The lowest BCUT2D eigenvalue weighted by atomic mass is 9.83. The van der Waals surface area contributed by atoms with E-state index in [0.717, 1.165) is 69.4 Å². The molecule has 2 aliphatic carbocycles. The van der Waals surface area contributed by atoms with Crippen molar-refractivity contribution < 1.29 is 13.5 Å². The van der Waals surface area contributed by atoms with E-state index in [1.54, 1.807) is 0 Å². The Kier molecular flexibility index (Phi) is 9.13. The monoisotopic (exact) mass is 561 g/mol. The molecule has 40 heavy (non-hydrogen) atoms. The molecule has 0 radical (unpaired) electrons. The van der Waals surface area contributed by atoms with Gasteiger partial charge < -0.3 is 10.0 Å². The fourth-order valence-corrected chi connectivity index (χ4v) is 7.20. The largest absolute Gasteiger partial charge is 0.396 e. The van der Waals surface area contributed by atoms with Gasteiger partial charge in [0.15, 0.2) is 0 Å². The van der Waals surface area contributed by atoms with Crippen LogP contribution in [0.2, 0.25) is 0 Å². The highest BCUT2D eigenvalue weighted by Gasteiger charge is 2.35. The van der Waals surface area contributed by atoms with Crippen molar-refractivity contribution in [1.82, 2.24) is 9.80 Å². The summed E-state index contributed by atoms with van der Waals surface area (Å²) in [4.78, 5) is 5.09. The van der Waals surface area contributed by atoms with Gasteiger partial charge in [-0.3, -0.25) is 9.62 Å². The number of hydrogen-bond acceptors (Lipinski definition) is 5. The first-order valence-electron chi connectivity index (χ1n) is 14.8. The second kappa shape index (κ2) is 12.8. The highest BCUT2D eigenvalue weighted by atomic mass is 32.2. The Hall–Kier alpha value is -2.87. The van der Waals surface area contributed by atoms with Crippen molar-refractivity contribution in [1.29, 1.82) is 0 Å². The fraction of sp³-hybridized carbons (Fsp3) is 0.455. The summed E-state index contributed by atoms with van der Waals surface area (Å²) in [6, 6.07) is 18.9. The number of nitrogens with zero attached hydrogens (tertiary/aromatic N) is 2. The average Bonchev–Trinajstić information content (AvgIpc) is 3.83. The second-order valence-corrected chi connectivity index (χ2v) is 13.4. The van der Waals surface area contributed by atoms with Crippen LogP contribution < -0.4 is 4.72 Å². The van der Waals surface area contributed by atoms with Gasteiger partial charge in [-0.1, -0.05) is 48.5 Å². The van der Waals surface area contributed by atoms with E-state index >= 15 is 0 Å². The molecule has 0 aromatic heterocycles. The van der Waals surface area contributed by atoms with Gasteiger partial charge in [-0.05, 0) is 98.4 Å². The molecule has 0 atom stereocenters. The molecule has 2 aromatic rings. The van der Waals surface area contributed by atoms with Crippen LogP contribution in [0.1, 0.15) is 63.5 Å². The molecule has 214 valence electrons. The van der Waals surface area contributed by atoms with E-state index in [4.69, 9.17) is 0 Å². The Morgan fingerprint density at radius 2 is 1.62 bits per heavy atom. The Balaban J connectivity index is 1.48. The van der Waals surface area contributed by atoms with Crippen molar-refractivity contribution in [2.75, 3.05) is 37.5 Å². The van der Waals surface area contributed by atoms with Gasteiger partial charge in [0.2, 0.25) is 10.0 Å². The molecule has 1 saturated carbocycles. The molecule has 6 nitrogen and oxygen atoms in total. The third-order valence-corrected chi connectivity index (χ3v) is 10.2. The minimum atomic E-state index is -3.31. The van der Waals surface area contributed by atoms with E-state index in [0.29, 0.717) is 18.2 Å².